The maximum Gasteiger partial charge on any atom is 0.224 e. The second-order valence-electron chi connectivity index (χ2n) is 12.0. The third-order valence-electron chi connectivity index (χ3n) is 8.39. The number of aliphatic hydroxyl groups is 1. The van der Waals surface area contributed by atoms with Gasteiger partial charge in [0.1, 0.15) is 5.75 Å². The molecule has 1 fully saturated rings. The smallest absolute Gasteiger partial charge is 0.224 e. The Kier molecular flexibility index (Phi) is 13.5. The highest BCUT2D eigenvalue weighted by atomic mass is 32.2. The van der Waals surface area contributed by atoms with Crippen LogP contribution in [0.5, 0.6) is 5.75 Å². The number of carbonyl (C=O) groups excluding carboxylic acids is 2. The number of hydrogen-bond donors (Lipinski definition) is 4. The van der Waals surface area contributed by atoms with E-state index in [9.17, 15) is 14.7 Å². The Hall–Kier alpha value is -4.35. The van der Waals surface area contributed by atoms with Crippen molar-refractivity contribution in [1.29, 1.82) is 0 Å². The molecule has 3 atom stereocenters. The SMILES string of the molecule is COc1ccccc1SC[C@@H]1C[C@H](c2ccc(CO)cc2)O[C@H](c2ccc(CNC(=O)CCCCCC(=O)Nc3ccccc3N)cc2)O1. The molecule has 4 aromatic carbocycles. The van der Waals surface area contributed by atoms with Crippen molar-refractivity contribution in [1.82, 2.24) is 5.32 Å². The van der Waals surface area contributed by atoms with Gasteiger partial charge in [0, 0.05) is 42.0 Å². The van der Waals surface area contributed by atoms with E-state index < -0.39 is 6.29 Å². The summed E-state index contributed by atoms with van der Waals surface area (Å²) in [5.74, 6) is 1.47. The van der Waals surface area contributed by atoms with Crippen molar-refractivity contribution in [2.45, 2.75) is 75.1 Å². The molecule has 1 heterocycles. The fraction of sp³-hybridized carbons (Fsp3) is 0.333. The minimum atomic E-state index is -0.560. The van der Waals surface area contributed by atoms with Crippen LogP contribution in [-0.4, -0.2) is 35.9 Å². The van der Waals surface area contributed by atoms with Gasteiger partial charge in [-0.2, -0.15) is 0 Å². The molecule has 9 nitrogen and oxygen atoms in total. The minimum Gasteiger partial charge on any atom is -0.496 e. The lowest BCUT2D eigenvalue weighted by atomic mass is 10.0. The van der Waals surface area contributed by atoms with Gasteiger partial charge >= 0.3 is 0 Å². The molecular weight excluding hydrogens is 639 g/mol. The maximum atomic E-state index is 12.5. The maximum absolute atomic E-state index is 12.5. The predicted octanol–water partition coefficient (Wildman–Crippen LogP) is 7.31. The number of methoxy groups -OCH3 is 1. The van der Waals surface area contributed by atoms with Gasteiger partial charge in [-0.15, -0.1) is 11.8 Å². The Balaban J connectivity index is 1.10. The molecule has 49 heavy (non-hydrogen) atoms. The number of nitrogens with one attached hydrogen (secondary N) is 2. The molecule has 1 saturated heterocycles. The molecule has 0 aromatic heterocycles. The van der Waals surface area contributed by atoms with Crippen LogP contribution in [-0.2, 0) is 32.2 Å². The first-order chi connectivity index (χ1) is 23.9. The normalized spacial score (nSPS) is 17.3. The first-order valence-corrected chi connectivity index (χ1v) is 17.7. The predicted molar refractivity (Wildman–Crippen MR) is 193 cm³/mol. The first-order valence-electron chi connectivity index (χ1n) is 16.7. The summed E-state index contributed by atoms with van der Waals surface area (Å²) >= 11 is 1.70. The van der Waals surface area contributed by atoms with E-state index in [4.69, 9.17) is 19.9 Å². The largest absolute Gasteiger partial charge is 0.496 e. The zero-order chi connectivity index (χ0) is 34.4. The molecule has 1 aliphatic heterocycles. The van der Waals surface area contributed by atoms with Crippen molar-refractivity contribution in [3.63, 3.8) is 0 Å². The molecule has 5 N–H and O–H groups in total. The van der Waals surface area contributed by atoms with Crippen molar-refractivity contribution in [3.05, 3.63) is 119 Å². The van der Waals surface area contributed by atoms with Gasteiger partial charge in [-0.05, 0) is 53.8 Å². The number of rotatable bonds is 16. The monoisotopic (exact) mass is 683 g/mol. The van der Waals surface area contributed by atoms with Crippen LogP contribution in [0.1, 0.15) is 73.2 Å². The lowest BCUT2D eigenvalue weighted by Gasteiger charge is -2.36. The van der Waals surface area contributed by atoms with E-state index in [1.54, 1.807) is 31.0 Å². The van der Waals surface area contributed by atoms with Crippen LogP contribution in [0.3, 0.4) is 0 Å². The average molecular weight is 684 g/mol. The van der Waals surface area contributed by atoms with E-state index in [-0.39, 0.29) is 30.6 Å². The molecule has 10 heteroatoms. The Labute approximate surface area is 292 Å². The van der Waals surface area contributed by atoms with Crippen LogP contribution in [0, 0.1) is 0 Å². The Bertz CT molecular complexity index is 1650. The van der Waals surface area contributed by atoms with Gasteiger partial charge in [-0.3, -0.25) is 9.59 Å². The number of benzene rings is 4. The number of hydrogen-bond acceptors (Lipinski definition) is 8. The third-order valence-corrected chi connectivity index (χ3v) is 9.58. The lowest BCUT2D eigenvalue weighted by Crippen LogP contribution is -2.31. The molecule has 0 spiro atoms. The van der Waals surface area contributed by atoms with E-state index in [1.165, 1.54) is 0 Å². The van der Waals surface area contributed by atoms with Crippen LogP contribution in [0.2, 0.25) is 0 Å². The van der Waals surface area contributed by atoms with Gasteiger partial charge in [0.05, 0.1) is 37.3 Å². The van der Waals surface area contributed by atoms with Crippen LogP contribution >= 0.6 is 11.8 Å². The molecule has 0 radical (unpaired) electrons. The topological polar surface area (TPSA) is 132 Å². The number of nitrogens with two attached hydrogens (primary N) is 1. The van der Waals surface area contributed by atoms with E-state index in [1.807, 2.05) is 84.9 Å². The van der Waals surface area contributed by atoms with E-state index in [0.29, 0.717) is 50.0 Å². The molecule has 5 rings (SSSR count). The molecule has 4 aromatic rings. The summed E-state index contributed by atoms with van der Waals surface area (Å²) in [5.41, 5.74) is 10.8. The van der Waals surface area contributed by atoms with Crippen LogP contribution in [0.25, 0.3) is 0 Å². The Morgan fingerprint density at radius 3 is 2.24 bits per heavy atom. The van der Waals surface area contributed by atoms with Crippen molar-refractivity contribution < 1.29 is 28.9 Å². The number of amides is 2. The highest BCUT2D eigenvalue weighted by Gasteiger charge is 2.32. The highest BCUT2D eigenvalue weighted by molar-refractivity contribution is 7.99. The zero-order valence-electron chi connectivity index (χ0n) is 27.8. The molecule has 1 aliphatic rings. The quantitative estimate of drug-likeness (QED) is 0.0549. The lowest BCUT2D eigenvalue weighted by molar-refractivity contribution is -0.245. The van der Waals surface area contributed by atoms with Gasteiger partial charge in [0.2, 0.25) is 11.8 Å². The van der Waals surface area contributed by atoms with Crippen LogP contribution in [0.4, 0.5) is 11.4 Å². The van der Waals surface area contributed by atoms with Gasteiger partial charge in [-0.25, -0.2) is 0 Å². The van der Waals surface area contributed by atoms with Crippen LogP contribution in [0.15, 0.2) is 102 Å². The molecule has 0 aliphatic carbocycles. The van der Waals surface area contributed by atoms with Gasteiger partial charge < -0.3 is 35.7 Å². The number of anilines is 2. The number of thioether (sulfide) groups is 1. The molecule has 2 amide bonds. The molecule has 0 unspecified atom stereocenters. The van der Waals surface area contributed by atoms with Crippen LogP contribution < -0.4 is 21.1 Å². The van der Waals surface area contributed by atoms with E-state index >= 15 is 0 Å². The second-order valence-corrected chi connectivity index (χ2v) is 13.1. The van der Waals surface area contributed by atoms with Gasteiger partial charge in [0.15, 0.2) is 6.29 Å². The fourth-order valence-electron chi connectivity index (χ4n) is 5.60. The summed E-state index contributed by atoms with van der Waals surface area (Å²) in [6.45, 7) is 0.416. The summed E-state index contributed by atoms with van der Waals surface area (Å²) < 4.78 is 18.5. The Morgan fingerprint density at radius 2 is 1.51 bits per heavy atom. The summed E-state index contributed by atoms with van der Waals surface area (Å²) in [7, 11) is 1.68. The summed E-state index contributed by atoms with van der Waals surface area (Å²) in [5, 5.41) is 15.3. The van der Waals surface area contributed by atoms with Crippen molar-refractivity contribution in [3.8, 4) is 5.75 Å². The summed E-state index contributed by atoms with van der Waals surface area (Å²) in [6.07, 6.45) is 2.87. The summed E-state index contributed by atoms with van der Waals surface area (Å²) in [4.78, 5) is 25.7. The number of nitrogen functional groups attached to an aromatic ring is 1. The molecular formula is C39H45N3O6S. The minimum absolute atomic E-state index is 0.00523. The number of ether oxygens (including phenoxy) is 3. The zero-order valence-corrected chi connectivity index (χ0v) is 28.6. The average Bonchev–Trinajstić information content (AvgIpc) is 3.14. The number of carbonyl (C=O) groups is 2. The van der Waals surface area contributed by atoms with E-state index in [2.05, 4.69) is 10.6 Å². The molecule has 0 saturated carbocycles. The van der Waals surface area contributed by atoms with Crippen molar-refractivity contribution in [2.75, 3.05) is 23.9 Å². The van der Waals surface area contributed by atoms with Gasteiger partial charge in [-0.1, -0.05) is 79.2 Å². The second kappa shape index (κ2) is 18.4. The standard InChI is InChI=1S/C39H45N3O6S/c1-46-34-11-7-8-12-36(34)49-26-31-23-35(29-19-17-28(25-43)18-20-29)48-39(47-31)30-21-15-27(16-22-30)24-41-37(44)13-3-2-4-14-38(45)42-33-10-6-5-9-32(33)40/h5-12,15-22,31,35,39,43H,2-4,13-14,23-26,40H2,1H3,(H,41,44)(H,42,45)/t31-,35+,39+/m0/s1. The third kappa shape index (κ3) is 10.8. The first kappa shape index (κ1) is 35.9. The highest BCUT2D eigenvalue weighted by Crippen LogP contribution is 2.40. The number of unbranched alkanes of at least 4 members (excludes halogenated alkanes) is 2. The van der Waals surface area contributed by atoms with Gasteiger partial charge in [0.25, 0.3) is 0 Å². The molecule has 258 valence electrons. The number of aliphatic hydroxyl groups excluding tert-OH is 1. The van der Waals surface area contributed by atoms with Crippen molar-refractivity contribution >= 4 is 35.0 Å². The Morgan fingerprint density at radius 1 is 0.837 bits per heavy atom. The number of para-hydroxylation sites is 3. The van der Waals surface area contributed by atoms with Crippen molar-refractivity contribution in [2.24, 2.45) is 0 Å². The van der Waals surface area contributed by atoms with E-state index in [0.717, 1.165) is 45.1 Å². The summed E-state index contributed by atoms with van der Waals surface area (Å²) in [6, 6.07) is 31.0. The fourth-order valence-corrected chi connectivity index (χ4v) is 6.65. The molecule has 0 bridgehead atoms.